The molecule has 1 aromatic rings. The minimum Gasteiger partial charge on any atom is -0.178 e. The Kier molecular flexibility index (Phi) is 1.13. The summed E-state index contributed by atoms with van der Waals surface area (Å²) in [4.78, 5) is 0. The first-order chi connectivity index (χ1) is 5.20. The van der Waals surface area contributed by atoms with Gasteiger partial charge in [0, 0.05) is 5.56 Å². The van der Waals surface area contributed by atoms with Gasteiger partial charge < -0.3 is 0 Å². The zero-order valence-electron chi connectivity index (χ0n) is 6.63. The maximum Gasteiger partial charge on any atom is 0.104 e. The monoisotopic (exact) mass is 145 g/mol. The van der Waals surface area contributed by atoms with E-state index in [4.69, 9.17) is 0 Å². The second kappa shape index (κ2) is 1.91. The SMILES string of the molecule is CC1(C)N=Nc2ccc[c]c21. The zero-order chi connectivity index (χ0) is 7.90. The summed E-state index contributed by atoms with van der Waals surface area (Å²) in [6, 6.07) is 8.94. The molecule has 2 nitrogen and oxygen atoms in total. The highest BCUT2D eigenvalue weighted by Gasteiger charge is 2.27. The van der Waals surface area contributed by atoms with Gasteiger partial charge in [-0.1, -0.05) is 12.1 Å². The quantitative estimate of drug-likeness (QED) is 0.536. The molecule has 1 aliphatic rings. The van der Waals surface area contributed by atoms with E-state index in [1.54, 1.807) is 0 Å². The second-order valence-corrected chi connectivity index (χ2v) is 3.19. The van der Waals surface area contributed by atoms with Crippen molar-refractivity contribution < 1.29 is 0 Å². The first-order valence-corrected chi connectivity index (χ1v) is 3.64. The molecule has 2 heteroatoms. The highest BCUT2D eigenvalue weighted by atomic mass is 15.2. The molecule has 0 atom stereocenters. The molecule has 0 bridgehead atoms. The average Bonchev–Trinajstić information content (AvgIpc) is 2.29. The molecule has 1 aliphatic heterocycles. The van der Waals surface area contributed by atoms with Gasteiger partial charge in [0.05, 0.1) is 5.69 Å². The smallest absolute Gasteiger partial charge is 0.104 e. The van der Waals surface area contributed by atoms with Crippen LogP contribution in [0.3, 0.4) is 0 Å². The van der Waals surface area contributed by atoms with Gasteiger partial charge in [-0.3, -0.25) is 0 Å². The Hall–Kier alpha value is -1.18. The number of benzene rings is 1. The van der Waals surface area contributed by atoms with Crippen molar-refractivity contribution in [1.29, 1.82) is 0 Å². The summed E-state index contributed by atoms with van der Waals surface area (Å²) >= 11 is 0. The number of nitrogens with zero attached hydrogens (tertiary/aromatic N) is 2. The van der Waals surface area contributed by atoms with Gasteiger partial charge in [0.15, 0.2) is 0 Å². The minimum atomic E-state index is -0.170. The van der Waals surface area contributed by atoms with Gasteiger partial charge in [-0.25, -0.2) is 0 Å². The summed E-state index contributed by atoms with van der Waals surface area (Å²) in [5.41, 5.74) is 1.88. The van der Waals surface area contributed by atoms with E-state index in [1.165, 1.54) is 0 Å². The van der Waals surface area contributed by atoms with Gasteiger partial charge in [-0.05, 0) is 26.0 Å². The third-order valence-electron chi connectivity index (χ3n) is 1.85. The van der Waals surface area contributed by atoms with Crippen LogP contribution in [0.25, 0.3) is 0 Å². The Labute approximate surface area is 66.0 Å². The molecule has 55 valence electrons. The van der Waals surface area contributed by atoms with Gasteiger partial charge in [0.2, 0.25) is 0 Å². The number of fused-ring (bicyclic) bond motifs is 1. The Morgan fingerprint density at radius 3 is 3.00 bits per heavy atom. The lowest BCUT2D eigenvalue weighted by Gasteiger charge is -2.12. The molecule has 0 amide bonds. The summed E-state index contributed by atoms with van der Waals surface area (Å²) in [6.45, 7) is 4.08. The molecule has 1 radical (unpaired) electrons. The van der Waals surface area contributed by atoms with E-state index >= 15 is 0 Å². The molecule has 11 heavy (non-hydrogen) atoms. The average molecular weight is 145 g/mol. The van der Waals surface area contributed by atoms with Crippen molar-refractivity contribution in [1.82, 2.24) is 0 Å². The van der Waals surface area contributed by atoms with Crippen LogP contribution in [0.4, 0.5) is 5.69 Å². The fraction of sp³-hybridized carbons (Fsp3) is 0.333. The Balaban J connectivity index is 2.64. The summed E-state index contributed by atoms with van der Waals surface area (Å²) in [5, 5.41) is 8.18. The Morgan fingerprint density at radius 2 is 2.27 bits per heavy atom. The van der Waals surface area contributed by atoms with Gasteiger partial charge in [0.1, 0.15) is 5.54 Å². The lowest BCUT2D eigenvalue weighted by molar-refractivity contribution is 0.555. The van der Waals surface area contributed by atoms with Crippen molar-refractivity contribution in [2.45, 2.75) is 19.4 Å². The van der Waals surface area contributed by atoms with Crippen molar-refractivity contribution in [2.75, 3.05) is 0 Å². The summed E-state index contributed by atoms with van der Waals surface area (Å²) in [7, 11) is 0. The van der Waals surface area contributed by atoms with Crippen LogP contribution < -0.4 is 0 Å². The van der Waals surface area contributed by atoms with E-state index in [0.717, 1.165) is 11.3 Å². The van der Waals surface area contributed by atoms with Crippen molar-refractivity contribution in [3.05, 3.63) is 29.8 Å². The van der Waals surface area contributed by atoms with Crippen LogP contribution in [-0.2, 0) is 5.54 Å². The molecular formula is C9H9N2. The number of azo groups is 1. The predicted molar refractivity (Wildman–Crippen MR) is 42.8 cm³/mol. The van der Waals surface area contributed by atoms with Crippen LogP contribution in [0.5, 0.6) is 0 Å². The summed E-state index contributed by atoms with van der Waals surface area (Å²) < 4.78 is 0. The van der Waals surface area contributed by atoms with Crippen molar-refractivity contribution in [2.24, 2.45) is 10.2 Å². The van der Waals surface area contributed by atoms with Gasteiger partial charge in [0.25, 0.3) is 0 Å². The lowest BCUT2D eigenvalue weighted by Crippen LogP contribution is -2.09. The summed E-state index contributed by atoms with van der Waals surface area (Å²) in [5.74, 6) is 0. The first-order valence-electron chi connectivity index (χ1n) is 3.64. The Morgan fingerprint density at radius 1 is 1.45 bits per heavy atom. The molecule has 0 saturated heterocycles. The maximum absolute atomic E-state index is 4.13. The van der Waals surface area contributed by atoms with Crippen LogP contribution in [0.1, 0.15) is 19.4 Å². The highest BCUT2D eigenvalue weighted by molar-refractivity contribution is 5.50. The lowest BCUT2D eigenvalue weighted by atomic mass is 9.95. The molecule has 0 fully saturated rings. The highest BCUT2D eigenvalue weighted by Crippen LogP contribution is 2.38. The molecule has 0 spiro atoms. The molecule has 1 heterocycles. The summed E-state index contributed by atoms with van der Waals surface area (Å²) in [6.07, 6.45) is 0. The zero-order valence-corrected chi connectivity index (χ0v) is 6.63. The Bertz CT molecular complexity index is 313. The van der Waals surface area contributed by atoms with Crippen LogP contribution in [0.2, 0.25) is 0 Å². The second-order valence-electron chi connectivity index (χ2n) is 3.19. The fourth-order valence-electron chi connectivity index (χ4n) is 1.23. The number of rotatable bonds is 0. The molecule has 0 N–H and O–H groups in total. The van der Waals surface area contributed by atoms with Crippen LogP contribution >= 0.6 is 0 Å². The van der Waals surface area contributed by atoms with E-state index in [2.05, 4.69) is 16.3 Å². The minimum absolute atomic E-state index is 0.170. The normalized spacial score (nSPS) is 18.4. The molecule has 0 aliphatic carbocycles. The van der Waals surface area contributed by atoms with Crippen molar-refractivity contribution in [3.8, 4) is 0 Å². The van der Waals surface area contributed by atoms with E-state index in [9.17, 15) is 0 Å². The third kappa shape index (κ3) is 0.862. The first kappa shape index (κ1) is 6.53. The van der Waals surface area contributed by atoms with Crippen molar-refractivity contribution in [3.63, 3.8) is 0 Å². The van der Waals surface area contributed by atoms with E-state index < -0.39 is 0 Å². The van der Waals surface area contributed by atoms with Crippen molar-refractivity contribution >= 4 is 5.69 Å². The number of hydrogen-bond donors (Lipinski definition) is 0. The molecular weight excluding hydrogens is 136 g/mol. The van der Waals surface area contributed by atoms with E-state index in [-0.39, 0.29) is 5.54 Å². The van der Waals surface area contributed by atoms with Gasteiger partial charge >= 0.3 is 0 Å². The standard InChI is InChI=1S/C9H9N2/c1-9(2)7-5-3-4-6-8(7)10-11-9/h3-4,6H,1-2H3. The predicted octanol–water partition coefficient (Wildman–Crippen LogP) is 2.82. The maximum atomic E-state index is 4.13. The molecule has 0 unspecified atom stereocenters. The molecule has 0 saturated carbocycles. The van der Waals surface area contributed by atoms with E-state index in [0.29, 0.717) is 0 Å². The molecule has 1 aromatic carbocycles. The van der Waals surface area contributed by atoms with Crippen LogP contribution in [-0.4, -0.2) is 0 Å². The topological polar surface area (TPSA) is 24.7 Å². The molecule has 0 aromatic heterocycles. The van der Waals surface area contributed by atoms with Gasteiger partial charge in [-0.2, -0.15) is 10.2 Å². The van der Waals surface area contributed by atoms with E-state index in [1.807, 2.05) is 32.0 Å². The molecule has 2 rings (SSSR count). The number of hydrogen-bond acceptors (Lipinski definition) is 2. The fourth-order valence-corrected chi connectivity index (χ4v) is 1.23. The van der Waals surface area contributed by atoms with Crippen LogP contribution in [0.15, 0.2) is 28.4 Å². The van der Waals surface area contributed by atoms with Gasteiger partial charge in [-0.15, -0.1) is 0 Å². The largest absolute Gasteiger partial charge is 0.178 e. The van der Waals surface area contributed by atoms with Crippen LogP contribution in [0, 0.1) is 6.07 Å². The third-order valence-corrected chi connectivity index (χ3v) is 1.85.